The van der Waals surface area contributed by atoms with E-state index >= 15 is 0 Å². The van der Waals surface area contributed by atoms with Gasteiger partial charge in [0.2, 0.25) is 5.91 Å². The third-order valence-corrected chi connectivity index (χ3v) is 2.76. The van der Waals surface area contributed by atoms with Gasteiger partial charge in [-0.3, -0.25) is 9.59 Å². The van der Waals surface area contributed by atoms with Crippen LogP contribution in [0.1, 0.15) is 25.7 Å². The van der Waals surface area contributed by atoms with Crippen LogP contribution in [0.5, 0.6) is 0 Å². The lowest BCUT2D eigenvalue weighted by Gasteiger charge is -2.23. The van der Waals surface area contributed by atoms with Gasteiger partial charge >= 0.3 is 0 Å². The topological polar surface area (TPSA) is 46.2 Å². The molecule has 1 amide bonds. The summed E-state index contributed by atoms with van der Waals surface area (Å²) >= 11 is 0. The van der Waals surface area contributed by atoms with Crippen LogP contribution in [0.15, 0.2) is 0 Å². The summed E-state index contributed by atoms with van der Waals surface area (Å²) in [6.45, 7) is 0.709. The van der Waals surface area contributed by atoms with Gasteiger partial charge in [0, 0.05) is 25.8 Å². The Morgan fingerprint density at radius 1 is 1.08 bits per heavy atom. The smallest absolute Gasteiger partial charge is 0.220 e. The summed E-state index contributed by atoms with van der Waals surface area (Å²) in [5, 5.41) is 2.85. The predicted molar refractivity (Wildman–Crippen MR) is 43.5 cm³/mol. The van der Waals surface area contributed by atoms with E-state index in [4.69, 9.17) is 0 Å². The zero-order chi connectivity index (χ0) is 8.55. The number of Topliss-reactive ketones (excluding diaryl/α,β-unsaturated/α-hetero) is 1. The summed E-state index contributed by atoms with van der Waals surface area (Å²) < 4.78 is 0. The molecule has 1 N–H and O–H groups in total. The van der Waals surface area contributed by atoms with Crippen LogP contribution < -0.4 is 5.32 Å². The van der Waals surface area contributed by atoms with Crippen LogP contribution in [0.4, 0.5) is 0 Å². The van der Waals surface area contributed by atoms with Crippen molar-refractivity contribution in [1.82, 2.24) is 5.32 Å². The minimum absolute atomic E-state index is 0.122. The average Bonchev–Trinajstić information content (AvgIpc) is 2.10. The summed E-state index contributed by atoms with van der Waals surface area (Å²) in [6, 6.07) is 0. The van der Waals surface area contributed by atoms with Crippen LogP contribution in [0.25, 0.3) is 0 Å². The van der Waals surface area contributed by atoms with E-state index in [2.05, 4.69) is 5.32 Å². The fourth-order valence-electron chi connectivity index (χ4n) is 2.27. The third kappa shape index (κ3) is 1.49. The first-order valence-corrected chi connectivity index (χ1v) is 4.52. The van der Waals surface area contributed by atoms with Crippen LogP contribution >= 0.6 is 0 Å². The largest absolute Gasteiger partial charge is 0.356 e. The molecule has 1 saturated heterocycles. The van der Waals surface area contributed by atoms with E-state index in [-0.39, 0.29) is 5.91 Å². The third-order valence-electron chi connectivity index (χ3n) is 2.76. The van der Waals surface area contributed by atoms with Gasteiger partial charge in [-0.05, 0) is 18.3 Å². The Morgan fingerprint density at radius 2 is 1.83 bits per heavy atom. The molecule has 1 aliphatic heterocycles. The predicted octanol–water partition coefficient (Wildman–Crippen LogP) is 0.492. The number of carbonyl (C=O) groups is 2. The Kier molecular flexibility index (Phi) is 1.87. The van der Waals surface area contributed by atoms with Gasteiger partial charge in [0.15, 0.2) is 0 Å². The number of fused-ring (bicyclic) bond motifs is 2. The lowest BCUT2D eigenvalue weighted by atomic mass is 9.80. The van der Waals surface area contributed by atoms with Gasteiger partial charge in [0.1, 0.15) is 5.78 Å². The van der Waals surface area contributed by atoms with Crippen molar-refractivity contribution >= 4 is 11.7 Å². The number of hydrogen-bond donors (Lipinski definition) is 1. The molecule has 0 aromatic rings. The molecule has 0 aromatic carbocycles. The first kappa shape index (κ1) is 7.77. The maximum atomic E-state index is 11.2. The summed E-state index contributed by atoms with van der Waals surface area (Å²) in [6.07, 6.45) is 2.92. The van der Waals surface area contributed by atoms with E-state index in [0.29, 0.717) is 43.4 Å². The van der Waals surface area contributed by atoms with Crippen molar-refractivity contribution < 1.29 is 9.59 Å². The molecular weight excluding hydrogens is 154 g/mol. The molecule has 12 heavy (non-hydrogen) atoms. The second-order valence-corrected chi connectivity index (χ2v) is 3.92. The summed E-state index contributed by atoms with van der Waals surface area (Å²) in [4.78, 5) is 22.3. The SMILES string of the molecule is O=C1CC2CNC(=O)CC(C1)C2. The number of carbonyl (C=O) groups excluding carboxylic acids is 2. The van der Waals surface area contributed by atoms with Crippen molar-refractivity contribution in [3.05, 3.63) is 0 Å². The molecule has 2 bridgehead atoms. The Labute approximate surface area is 71.5 Å². The molecule has 2 rings (SSSR count). The van der Waals surface area contributed by atoms with E-state index in [1.807, 2.05) is 0 Å². The van der Waals surface area contributed by atoms with E-state index in [0.717, 1.165) is 6.42 Å². The number of amides is 1. The second kappa shape index (κ2) is 2.88. The molecule has 2 unspecified atom stereocenters. The van der Waals surface area contributed by atoms with Gasteiger partial charge in [-0.15, -0.1) is 0 Å². The number of ketones is 1. The number of nitrogens with one attached hydrogen (secondary N) is 1. The molecule has 1 aliphatic carbocycles. The molecule has 1 heterocycles. The summed E-state index contributed by atoms with van der Waals surface area (Å²) in [5.41, 5.74) is 0. The Balaban J connectivity index is 2.10. The van der Waals surface area contributed by atoms with Crippen molar-refractivity contribution in [2.45, 2.75) is 25.7 Å². The maximum absolute atomic E-state index is 11.2. The van der Waals surface area contributed by atoms with Gasteiger partial charge in [0.25, 0.3) is 0 Å². The molecule has 3 heteroatoms. The van der Waals surface area contributed by atoms with E-state index in [9.17, 15) is 9.59 Å². The lowest BCUT2D eigenvalue weighted by molar-refractivity contribution is -0.123. The van der Waals surface area contributed by atoms with Crippen LogP contribution in [0, 0.1) is 11.8 Å². The summed E-state index contributed by atoms with van der Waals surface area (Å²) in [7, 11) is 0. The van der Waals surface area contributed by atoms with Crippen LogP contribution in [0.3, 0.4) is 0 Å². The standard InChI is InChI=1S/C9H13NO2/c11-8-2-6-1-7(3-8)5-10-9(12)4-6/h6-7H,1-5H2,(H,10,12). The van der Waals surface area contributed by atoms with E-state index < -0.39 is 0 Å². The molecule has 66 valence electrons. The highest BCUT2D eigenvalue weighted by Gasteiger charge is 2.31. The van der Waals surface area contributed by atoms with Gasteiger partial charge in [-0.1, -0.05) is 0 Å². The number of hydrogen-bond acceptors (Lipinski definition) is 2. The molecule has 2 fully saturated rings. The highest BCUT2D eigenvalue weighted by molar-refractivity contribution is 5.82. The van der Waals surface area contributed by atoms with Crippen molar-refractivity contribution in [3.8, 4) is 0 Å². The van der Waals surface area contributed by atoms with Crippen molar-refractivity contribution in [1.29, 1.82) is 0 Å². The van der Waals surface area contributed by atoms with Gasteiger partial charge in [-0.2, -0.15) is 0 Å². The highest BCUT2D eigenvalue weighted by atomic mass is 16.1. The van der Waals surface area contributed by atoms with Crippen molar-refractivity contribution in [2.75, 3.05) is 6.54 Å². The Bertz CT molecular complexity index is 223. The minimum atomic E-state index is 0.122. The zero-order valence-corrected chi connectivity index (χ0v) is 7.01. The molecule has 0 aromatic heterocycles. The highest BCUT2D eigenvalue weighted by Crippen LogP contribution is 2.30. The molecule has 2 aliphatic rings. The van der Waals surface area contributed by atoms with E-state index in [1.165, 1.54) is 0 Å². The van der Waals surface area contributed by atoms with Gasteiger partial charge in [0.05, 0.1) is 0 Å². The average molecular weight is 167 g/mol. The van der Waals surface area contributed by atoms with Gasteiger partial charge in [-0.25, -0.2) is 0 Å². The Morgan fingerprint density at radius 3 is 2.67 bits per heavy atom. The van der Waals surface area contributed by atoms with Crippen molar-refractivity contribution in [3.63, 3.8) is 0 Å². The summed E-state index contributed by atoms with van der Waals surface area (Å²) in [5.74, 6) is 1.21. The molecule has 0 spiro atoms. The fourth-order valence-corrected chi connectivity index (χ4v) is 2.27. The first-order chi connectivity index (χ1) is 5.74. The van der Waals surface area contributed by atoms with Gasteiger partial charge < -0.3 is 5.32 Å². The maximum Gasteiger partial charge on any atom is 0.220 e. The second-order valence-electron chi connectivity index (χ2n) is 3.92. The van der Waals surface area contributed by atoms with Crippen LogP contribution in [-0.4, -0.2) is 18.2 Å². The Hall–Kier alpha value is -0.860. The van der Waals surface area contributed by atoms with Crippen molar-refractivity contribution in [2.24, 2.45) is 11.8 Å². The van der Waals surface area contributed by atoms with Crippen LogP contribution in [-0.2, 0) is 9.59 Å². The monoisotopic (exact) mass is 167 g/mol. The minimum Gasteiger partial charge on any atom is -0.356 e. The zero-order valence-electron chi connectivity index (χ0n) is 7.01. The lowest BCUT2D eigenvalue weighted by Crippen LogP contribution is -2.27. The molecule has 2 atom stereocenters. The number of rotatable bonds is 0. The normalized spacial score (nSPS) is 35.7. The fraction of sp³-hybridized carbons (Fsp3) is 0.778. The molecule has 1 saturated carbocycles. The molecular formula is C9H13NO2. The first-order valence-electron chi connectivity index (χ1n) is 4.52. The molecule has 0 radical (unpaired) electrons. The quantitative estimate of drug-likeness (QED) is 0.570. The van der Waals surface area contributed by atoms with E-state index in [1.54, 1.807) is 0 Å². The van der Waals surface area contributed by atoms with Crippen LogP contribution in [0.2, 0.25) is 0 Å². The molecule has 3 nitrogen and oxygen atoms in total.